The first kappa shape index (κ1) is 14.7. The van der Waals surface area contributed by atoms with Crippen LogP contribution in [0.3, 0.4) is 0 Å². The molecule has 3 heterocycles. The minimum atomic E-state index is -0.0264. The van der Waals surface area contributed by atoms with Gasteiger partial charge in [-0.3, -0.25) is 9.78 Å². The van der Waals surface area contributed by atoms with E-state index in [1.54, 1.807) is 29.6 Å². The summed E-state index contributed by atoms with van der Waals surface area (Å²) in [6, 6.07) is 5.72. The van der Waals surface area contributed by atoms with Crippen LogP contribution in [-0.4, -0.2) is 44.7 Å². The first-order chi connectivity index (χ1) is 10.8. The van der Waals surface area contributed by atoms with Crippen molar-refractivity contribution in [3.8, 4) is 11.4 Å². The largest absolute Gasteiger partial charge is 0.338 e. The molecule has 2 aromatic rings. The third kappa shape index (κ3) is 3.14. The molecular formula is C16H15ClN4O. The monoisotopic (exact) mass is 314 g/mol. The number of aromatic nitrogens is 3. The number of nitrogens with zero attached hydrogens (tertiary/aromatic N) is 4. The molecule has 0 saturated carbocycles. The van der Waals surface area contributed by atoms with Gasteiger partial charge in [-0.05, 0) is 30.2 Å². The number of hydrogen-bond acceptors (Lipinski definition) is 4. The predicted molar refractivity (Wildman–Crippen MR) is 85.2 cm³/mol. The van der Waals surface area contributed by atoms with Gasteiger partial charge in [-0.1, -0.05) is 6.08 Å². The summed E-state index contributed by atoms with van der Waals surface area (Å²) in [4.78, 5) is 26.2. The van der Waals surface area contributed by atoms with Gasteiger partial charge in [0, 0.05) is 37.2 Å². The smallest absolute Gasteiger partial charge is 0.237 e. The zero-order valence-electron chi connectivity index (χ0n) is 11.9. The van der Waals surface area contributed by atoms with Crippen molar-refractivity contribution in [3.05, 3.63) is 48.6 Å². The number of alkyl halides is 1. The van der Waals surface area contributed by atoms with Gasteiger partial charge in [0.2, 0.25) is 5.91 Å². The Hall–Kier alpha value is -2.27. The molecule has 5 nitrogen and oxygen atoms in total. The minimum absolute atomic E-state index is 0.0264. The molecule has 0 bridgehead atoms. The van der Waals surface area contributed by atoms with E-state index in [9.17, 15) is 4.79 Å². The van der Waals surface area contributed by atoms with E-state index in [-0.39, 0.29) is 11.8 Å². The molecule has 0 unspecified atom stereocenters. The fourth-order valence-electron chi connectivity index (χ4n) is 2.38. The Bertz CT molecular complexity index is 685. The van der Waals surface area contributed by atoms with E-state index in [0.717, 1.165) is 23.3 Å². The summed E-state index contributed by atoms with van der Waals surface area (Å²) in [6.07, 6.45) is 8.03. The fourth-order valence-corrected chi connectivity index (χ4v) is 2.55. The normalized spacial score (nSPS) is 14.6. The molecule has 0 atom stereocenters. The van der Waals surface area contributed by atoms with Gasteiger partial charge in [-0.25, -0.2) is 9.97 Å². The van der Waals surface area contributed by atoms with Crippen molar-refractivity contribution in [2.45, 2.75) is 6.42 Å². The Balaban J connectivity index is 1.74. The molecule has 0 fully saturated rings. The number of halogens is 1. The molecule has 0 N–H and O–H groups in total. The Labute approximate surface area is 133 Å². The van der Waals surface area contributed by atoms with E-state index in [1.165, 1.54) is 0 Å². The molecule has 0 aliphatic carbocycles. The predicted octanol–water partition coefficient (Wildman–Crippen LogP) is 2.39. The second-order valence-electron chi connectivity index (χ2n) is 4.96. The van der Waals surface area contributed by atoms with Crippen LogP contribution in [-0.2, 0) is 4.79 Å². The van der Waals surface area contributed by atoms with Crippen molar-refractivity contribution in [2.75, 3.05) is 19.0 Å². The van der Waals surface area contributed by atoms with Gasteiger partial charge in [-0.2, -0.15) is 0 Å². The molecule has 22 heavy (non-hydrogen) atoms. The second kappa shape index (κ2) is 6.66. The van der Waals surface area contributed by atoms with Crippen molar-refractivity contribution >= 4 is 23.1 Å². The summed E-state index contributed by atoms with van der Waals surface area (Å²) in [5.74, 6) is 0.673. The highest BCUT2D eigenvalue weighted by Gasteiger charge is 2.17. The Kier molecular flexibility index (Phi) is 4.44. The molecule has 0 spiro atoms. The van der Waals surface area contributed by atoms with E-state index < -0.39 is 0 Å². The van der Waals surface area contributed by atoms with Crippen LogP contribution < -0.4 is 0 Å². The van der Waals surface area contributed by atoms with Gasteiger partial charge < -0.3 is 4.90 Å². The average Bonchev–Trinajstić information content (AvgIpc) is 2.62. The van der Waals surface area contributed by atoms with Crippen LogP contribution in [0.4, 0.5) is 0 Å². The van der Waals surface area contributed by atoms with E-state index in [2.05, 4.69) is 15.0 Å². The highest BCUT2D eigenvalue weighted by molar-refractivity contribution is 6.27. The van der Waals surface area contributed by atoms with Crippen molar-refractivity contribution < 1.29 is 4.79 Å². The number of pyridine rings is 1. The third-order valence-electron chi connectivity index (χ3n) is 3.59. The molecular weight excluding hydrogens is 300 g/mol. The minimum Gasteiger partial charge on any atom is -0.338 e. The number of carbonyl (C=O) groups excluding carboxylic acids is 1. The lowest BCUT2D eigenvalue weighted by atomic mass is 10.0. The number of carbonyl (C=O) groups is 1. The van der Waals surface area contributed by atoms with E-state index in [1.807, 2.05) is 18.2 Å². The van der Waals surface area contributed by atoms with Crippen LogP contribution in [0.2, 0.25) is 0 Å². The summed E-state index contributed by atoms with van der Waals surface area (Å²) < 4.78 is 0. The molecule has 3 rings (SSSR count). The fraction of sp³-hybridized carbons (Fsp3) is 0.250. The van der Waals surface area contributed by atoms with Crippen LogP contribution in [0.25, 0.3) is 17.0 Å². The van der Waals surface area contributed by atoms with E-state index >= 15 is 0 Å². The number of rotatable bonds is 3. The van der Waals surface area contributed by atoms with Crippen molar-refractivity contribution in [3.63, 3.8) is 0 Å². The lowest BCUT2D eigenvalue weighted by Gasteiger charge is -2.25. The maximum atomic E-state index is 11.5. The maximum Gasteiger partial charge on any atom is 0.237 e. The first-order valence-electron chi connectivity index (χ1n) is 7.04. The number of amides is 1. The lowest BCUT2D eigenvalue weighted by molar-refractivity contribution is -0.128. The summed E-state index contributed by atoms with van der Waals surface area (Å²) in [6.45, 7) is 1.27. The van der Waals surface area contributed by atoms with Crippen molar-refractivity contribution in [1.29, 1.82) is 0 Å². The van der Waals surface area contributed by atoms with E-state index in [0.29, 0.717) is 18.9 Å². The highest BCUT2D eigenvalue weighted by Crippen LogP contribution is 2.22. The molecule has 2 aromatic heterocycles. The van der Waals surface area contributed by atoms with Crippen LogP contribution in [0.15, 0.2) is 42.9 Å². The molecule has 1 aliphatic heterocycles. The first-order valence-corrected chi connectivity index (χ1v) is 7.58. The topological polar surface area (TPSA) is 59.0 Å². The van der Waals surface area contributed by atoms with Gasteiger partial charge in [0.25, 0.3) is 0 Å². The van der Waals surface area contributed by atoms with Crippen LogP contribution in [0, 0.1) is 0 Å². The molecule has 1 amide bonds. The van der Waals surface area contributed by atoms with Gasteiger partial charge in [-0.15, -0.1) is 11.6 Å². The Morgan fingerprint density at radius 1 is 1.23 bits per heavy atom. The Morgan fingerprint density at radius 3 is 2.64 bits per heavy atom. The van der Waals surface area contributed by atoms with Crippen molar-refractivity contribution in [2.24, 2.45) is 0 Å². The SMILES string of the molecule is O=C(CCl)N1CC=C(c2ccc(-c3ncccn3)cn2)CC1. The average molecular weight is 315 g/mol. The lowest BCUT2D eigenvalue weighted by Crippen LogP contribution is -2.35. The standard InChI is InChI=1S/C16H15ClN4O/c17-10-15(22)21-8-4-12(5-9-21)14-3-2-13(11-20-14)16-18-6-1-7-19-16/h1-4,6-7,11H,5,8-10H2. The highest BCUT2D eigenvalue weighted by atomic mass is 35.5. The molecule has 0 radical (unpaired) electrons. The summed E-state index contributed by atoms with van der Waals surface area (Å²) >= 11 is 5.58. The second-order valence-corrected chi connectivity index (χ2v) is 5.22. The summed E-state index contributed by atoms with van der Waals surface area (Å²) in [5.41, 5.74) is 2.97. The van der Waals surface area contributed by atoms with Crippen LogP contribution >= 0.6 is 11.6 Å². The molecule has 0 saturated heterocycles. The zero-order valence-corrected chi connectivity index (χ0v) is 12.7. The number of hydrogen-bond donors (Lipinski definition) is 0. The van der Waals surface area contributed by atoms with Crippen molar-refractivity contribution in [1.82, 2.24) is 19.9 Å². The maximum absolute atomic E-state index is 11.5. The Morgan fingerprint density at radius 2 is 2.05 bits per heavy atom. The molecule has 1 aliphatic rings. The molecule has 6 heteroatoms. The molecule has 112 valence electrons. The van der Waals surface area contributed by atoms with Gasteiger partial charge in [0.15, 0.2) is 5.82 Å². The summed E-state index contributed by atoms with van der Waals surface area (Å²) in [5, 5.41) is 0. The summed E-state index contributed by atoms with van der Waals surface area (Å²) in [7, 11) is 0. The van der Waals surface area contributed by atoms with Gasteiger partial charge in [0.1, 0.15) is 5.88 Å². The van der Waals surface area contributed by atoms with Gasteiger partial charge in [0.05, 0.1) is 5.69 Å². The van der Waals surface area contributed by atoms with Crippen LogP contribution in [0.1, 0.15) is 12.1 Å². The zero-order chi connectivity index (χ0) is 15.4. The van der Waals surface area contributed by atoms with E-state index in [4.69, 9.17) is 11.6 Å². The van der Waals surface area contributed by atoms with Gasteiger partial charge >= 0.3 is 0 Å². The third-order valence-corrected chi connectivity index (χ3v) is 3.82. The quantitative estimate of drug-likeness (QED) is 0.816. The van der Waals surface area contributed by atoms with Crippen LogP contribution in [0.5, 0.6) is 0 Å². The molecule has 0 aromatic carbocycles.